The van der Waals surface area contributed by atoms with Gasteiger partial charge in [-0.1, -0.05) is 6.07 Å². The van der Waals surface area contributed by atoms with Gasteiger partial charge in [0.05, 0.1) is 6.04 Å². The Morgan fingerprint density at radius 1 is 1.03 bits per heavy atom. The maximum absolute atomic E-state index is 13.4. The molecular formula is C20H20F3N5O2. The molecule has 2 aliphatic rings. The van der Waals surface area contributed by atoms with Gasteiger partial charge in [-0.05, 0) is 44.4 Å². The van der Waals surface area contributed by atoms with Crippen LogP contribution in [0.25, 0.3) is 5.65 Å². The van der Waals surface area contributed by atoms with Gasteiger partial charge in [-0.3, -0.25) is 0 Å². The molecule has 5 rings (SSSR count). The molecule has 1 saturated heterocycles. The summed E-state index contributed by atoms with van der Waals surface area (Å²) in [5.74, 6) is 0.806. The first-order chi connectivity index (χ1) is 14.3. The van der Waals surface area contributed by atoms with Crippen LogP contribution in [0.1, 0.15) is 41.4 Å². The molecule has 30 heavy (non-hydrogen) atoms. The highest BCUT2D eigenvalue weighted by atomic mass is 19.4. The first kappa shape index (κ1) is 19.0. The van der Waals surface area contributed by atoms with Crippen LogP contribution in [0.15, 0.2) is 18.2 Å². The van der Waals surface area contributed by atoms with Gasteiger partial charge in [0.2, 0.25) is 0 Å². The summed E-state index contributed by atoms with van der Waals surface area (Å²) in [5, 5.41) is 11.4. The molecule has 1 atom stereocenters. The first-order valence-corrected chi connectivity index (χ1v) is 9.80. The van der Waals surface area contributed by atoms with Crippen molar-refractivity contribution >= 4 is 11.5 Å². The van der Waals surface area contributed by atoms with Gasteiger partial charge in [0.1, 0.15) is 13.2 Å². The van der Waals surface area contributed by atoms with Crippen molar-refractivity contribution in [1.82, 2.24) is 19.8 Å². The predicted molar refractivity (Wildman–Crippen MR) is 102 cm³/mol. The lowest BCUT2D eigenvalue weighted by molar-refractivity contribution is -0.146. The Hall–Kier alpha value is -3.04. The lowest BCUT2D eigenvalue weighted by Crippen LogP contribution is -2.26. The normalized spacial score (nSPS) is 19.0. The molecule has 2 aliphatic heterocycles. The summed E-state index contributed by atoms with van der Waals surface area (Å²) >= 11 is 0. The smallest absolute Gasteiger partial charge is 0.453 e. The Morgan fingerprint density at radius 3 is 2.57 bits per heavy atom. The van der Waals surface area contributed by atoms with Crippen LogP contribution in [0.5, 0.6) is 11.5 Å². The number of ether oxygens (including phenoxy) is 2. The molecule has 2 aromatic heterocycles. The van der Waals surface area contributed by atoms with Crippen molar-refractivity contribution in [1.29, 1.82) is 0 Å². The van der Waals surface area contributed by atoms with Gasteiger partial charge in [0.25, 0.3) is 5.82 Å². The number of fused-ring (bicyclic) bond motifs is 2. The standard InChI is InChI=1S/C20H20F3N5O2/c1-11-12(2)18(26-28-17(11)24-25-19(28)20(21,22)23)27-7-3-4-14(27)13-5-6-15-16(10-13)30-9-8-29-15/h5-6,10,14H,3-4,7-9H2,1-2H3. The fourth-order valence-corrected chi connectivity index (χ4v) is 4.20. The number of hydrogen-bond acceptors (Lipinski definition) is 6. The van der Waals surface area contributed by atoms with Crippen molar-refractivity contribution < 1.29 is 22.6 Å². The third kappa shape index (κ3) is 2.93. The van der Waals surface area contributed by atoms with Gasteiger partial charge in [0, 0.05) is 17.7 Å². The predicted octanol–water partition coefficient (Wildman–Crippen LogP) is 3.87. The van der Waals surface area contributed by atoms with Crippen LogP contribution in [-0.2, 0) is 6.18 Å². The average molecular weight is 419 g/mol. The van der Waals surface area contributed by atoms with E-state index >= 15 is 0 Å². The molecule has 0 saturated carbocycles. The zero-order chi connectivity index (χ0) is 21.0. The third-order valence-corrected chi connectivity index (χ3v) is 5.80. The van der Waals surface area contributed by atoms with Crippen molar-refractivity contribution in [2.75, 3.05) is 24.7 Å². The molecule has 1 aromatic carbocycles. The molecule has 1 unspecified atom stereocenters. The van der Waals surface area contributed by atoms with E-state index in [9.17, 15) is 13.2 Å². The zero-order valence-electron chi connectivity index (χ0n) is 16.5. The summed E-state index contributed by atoms with van der Waals surface area (Å²) in [6.07, 6.45) is -2.86. The molecule has 4 heterocycles. The van der Waals surface area contributed by atoms with Crippen LogP contribution >= 0.6 is 0 Å². The molecular weight excluding hydrogens is 399 g/mol. The first-order valence-electron chi connectivity index (χ1n) is 9.80. The van der Waals surface area contributed by atoms with Crippen molar-refractivity contribution in [2.24, 2.45) is 0 Å². The fraction of sp³-hybridized carbons (Fsp3) is 0.450. The van der Waals surface area contributed by atoms with Crippen LogP contribution < -0.4 is 14.4 Å². The second kappa shape index (κ2) is 6.75. The molecule has 0 bridgehead atoms. The number of alkyl halides is 3. The van der Waals surface area contributed by atoms with E-state index < -0.39 is 12.0 Å². The number of benzene rings is 1. The quantitative estimate of drug-likeness (QED) is 0.628. The van der Waals surface area contributed by atoms with Crippen molar-refractivity contribution in [2.45, 2.75) is 38.9 Å². The third-order valence-electron chi connectivity index (χ3n) is 5.80. The largest absolute Gasteiger partial charge is 0.486 e. The van der Waals surface area contributed by atoms with Crippen LogP contribution in [0.3, 0.4) is 0 Å². The van der Waals surface area contributed by atoms with Crippen LogP contribution in [0.2, 0.25) is 0 Å². The van der Waals surface area contributed by atoms with Gasteiger partial charge in [-0.2, -0.15) is 17.7 Å². The molecule has 1 fully saturated rings. The Kier molecular flexibility index (Phi) is 4.26. The van der Waals surface area contributed by atoms with Gasteiger partial charge >= 0.3 is 6.18 Å². The lowest BCUT2D eigenvalue weighted by atomic mass is 10.0. The van der Waals surface area contributed by atoms with Gasteiger partial charge in [0.15, 0.2) is 23.0 Å². The number of aromatic nitrogens is 4. The molecule has 0 aliphatic carbocycles. The van der Waals surface area contributed by atoms with Gasteiger partial charge < -0.3 is 14.4 Å². The maximum Gasteiger partial charge on any atom is 0.453 e. The molecule has 0 radical (unpaired) electrons. The second-order valence-electron chi connectivity index (χ2n) is 7.58. The van der Waals surface area contributed by atoms with E-state index in [2.05, 4.69) is 20.2 Å². The van der Waals surface area contributed by atoms with Crippen LogP contribution in [0.4, 0.5) is 19.0 Å². The Labute approximate surface area is 170 Å². The fourth-order valence-electron chi connectivity index (χ4n) is 4.20. The number of aryl methyl sites for hydroxylation is 1. The molecule has 7 nitrogen and oxygen atoms in total. The summed E-state index contributed by atoms with van der Waals surface area (Å²) in [6, 6.07) is 5.81. The van der Waals surface area contributed by atoms with E-state index in [0.717, 1.165) is 28.5 Å². The number of hydrogen-bond donors (Lipinski definition) is 0. The number of rotatable bonds is 2. The van der Waals surface area contributed by atoms with E-state index in [-0.39, 0.29) is 11.7 Å². The van der Waals surface area contributed by atoms with Crippen molar-refractivity contribution in [3.63, 3.8) is 0 Å². The minimum atomic E-state index is -4.63. The lowest BCUT2D eigenvalue weighted by Gasteiger charge is -2.29. The number of anilines is 1. The summed E-state index contributed by atoms with van der Waals surface area (Å²) in [6.45, 7) is 5.32. The molecule has 158 valence electrons. The van der Waals surface area contributed by atoms with E-state index in [1.807, 2.05) is 25.1 Å². The average Bonchev–Trinajstić information content (AvgIpc) is 3.37. The van der Waals surface area contributed by atoms with E-state index in [4.69, 9.17) is 9.47 Å². The van der Waals surface area contributed by atoms with Crippen LogP contribution in [-0.4, -0.2) is 39.6 Å². The number of nitrogens with zero attached hydrogens (tertiary/aromatic N) is 5. The van der Waals surface area contributed by atoms with Crippen LogP contribution in [0, 0.1) is 13.8 Å². The molecule has 0 spiro atoms. The van der Waals surface area contributed by atoms with Gasteiger partial charge in [-0.25, -0.2) is 0 Å². The SMILES string of the molecule is Cc1c(N2CCCC2c2ccc3c(c2)OCCO3)nn2c(C(F)(F)F)nnc2c1C. The molecule has 0 N–H and O–H groups in total. The van der Waals surface area contributed by atoms with E-state index in [1.54, 1.807) is 6.92 Å². The van der Waals surface area contributed by atoms with Crippen molar-refractivity contribution in [3.8, 4) is 11.5 Å². The Balaban J connectivity index is 1.59. The van der Waals surface area contributed by atoms with Gasteiger partial charge in [-0.15, -0.1) is 15.3 Å². The monoisotopic (exact) mass is 419 g/mol. The molecule has 0 amide bonds. The topological polar surface area (TPSA) is 64.8 Å². The van der Waals surface area contributed by atoms with Crippen molar-refractivity contribution in [3.05, 3.63) is 40.7 Å². The zero-order valence-corrected chi connectivity index (χ0v) is 16.5. The molecule has 3 aromatic rings. The highest BCUT2D eigenvalue weighted by Gasteiger charge is 2.39. The summed E-state index contributed by atoms with van der Waals surface area (Å²) in [4.78, 5) is 2.06. The minimum absolute atomic E-state index is 0.0188. The Morgan fingerprint density at radius 2 is 1.80 bits per heavy atom. The maximum atomic E-state index is 13.4. The molecule has 10 heteroatoms. The highest BCUT2D eigenvalue weighted by Crippen LogP contribution is 2.41. The number of halogens is 3. The van der Waals surface area contributed by atoms with E-state index in [0.29, 0.717) is 42.6 Å². The summed E-state index contributed by atoms with van der Waals surface area (Å²) in [7, 11) is 0. The minimum Gasteiger partial charge on any atom is -0.486 e. The Bertz CT molecular complexity index is 1130. The summed E-state index contributed by atoms with van der Waals surface area (Å²) in [5.41, 5.74) is 2.58. The second-order valence-corrected chi connectivity index (χ2v) is 7.58. The highest BCUT2D eigenvalue weighted by molar-refractivity contribution is 5.61. The summed E-state index contributed by atoms with van der Waals surface area (Å²) < 4.78 is 52.3. The van der Waals surface area contributed by atoms with E-state index in [1.165, 1.54) is 0 Å².